The first kappa shape index (κ1) is 11.6. The van der Waals surface area contributed by atoms with Crippen LogP contribution in [0.1, 0.15) is 36.5 Å². The molecule has 0 amide bonds. The van der Waals surface area contributed by atoms with Crippen molar-refractivity contribution in [2.75, 3.05) is 0 Å². The summed E-state index contributed by atoms with van der Waals surface area (Å²) in [5.41, 5.74) is 0. The Kier molecular flexibility index (Phi) is 2.58. The van der Waals surface area contributed by atoms with Crippen LogP contribution in [0.4, 0.5) is 0 Å². The van der Waals surface area contributed by atoms with Crippen molar-refractivity contribution in [1.82, 2.24) is 19.8 Å². The number of rotatable bonds is 2. The SMILES string of the molecule is Cc1nnc2sc(C3CC(C)CC3C(=O)O)nn12. The highest BCUT2D eigenvalue weighted by Gasteiger charge is 2.39. The molecule has 3 rings (SSSR count). The second-order valence-corrected chi connectivity index (χ2v) is 6.00. The van der Waals surface area contributed by atoms with E-state index in [2.05, 4.69) is 22.2 Å². The van der Waals surface area contributed by atoms with E-state index in [1.54, 1.807) is 4.52 Å². The third-order valence-electron chi connectivity index (χ3n) is 3.60. The lowest BCUT2D eigenvalue weighted by Crippen LogP contribution is -2.17. The van der Waals surface area contributed by atoms with Gasteiger partial charge in [0.15, 0.2) is 5.82 Å². The Morgan fingerprint density at radius 1 is 1.44 bits per heavy atom. The highest BCUT2D eigenvalue weighted by Crippen LogP contribution is 2.44. The fourth-order valence-corrected chi connectivity index (χ4v) is 3.78. The van der Waals surface area contributed by atoms with Crippen LogP contribution in [0.3, 0.4) is 0 Å². The van der Waals surface area contributed by atoms with Crippen molar-refractivity contribution in [3.05, 3.63) is 10.8 Å². The maximum absolute atomic E-state index is 11.3. The number of hydrogen-bond acceptors (Lipinski definition) is 5. The van der Waals surface area contributed by atoms with Crippen molar-refractivity contribution in [2.45, 2.75) is 32.6 Å². The summed E-state index contributed by atoms with van der Waals surface area (Å²) in [6.45, 7) is 3.94. The molecule has 1 aliphatic carbocycles. The number of aryl methyl sites for hydroxylation is 1. The molecule has 2 heterocycles. The molecule has 0 aromatic carbocycles. The maximum atomic E-state index is 11.3. The first-order valence-electron chi connectivity index (χ1n) is 5.98. The Bertz CT molecular complexity index is 605. The summed E-state index contributed by atoms with van der Waals surface area (Å²) in [6.07, 6.45) is 1.62. The quantitative estimate of drug-likeness (QED) is 0.895. The molecule has 18 heavy (non-hydrogen) atoms. The van der Waals surface area contributed by atoms with Crippen molar-refractivity contribution in [1.29, 1.82) is 0 Å². The molecule has 3 unspecified atom stereocenters. The Labute approximate surface area is 108 Å². The first-order chi connectivity index (χ1) is 8.56. The van der Waals surface area contributed by atoms with Gasteiger partial charge in [0.25, 0.3) is 0 Å². The Morgan fingerprint density at radius 2 is 2.22 bits per heavy atom. The van der Waals surface area contributed by atoms with Gasteiger partial charge >= 0.3 is 5.97 Å². The van der Waals surface area contributed by atoms with Crippen LogP contribution < -0.4 is 0 Å². The first-order valence-corrected chi connectivity index (χ1v) is 6.79. The molecule has 0 bridgehead atoms. The smallest absolute Gasteiger partial charge is 0.307 e. The van der Waals surface area contributed by atoms with Gasteiger partial charge in [-0.3, -0.25) is 4.79 Å². The van der Waals surface area contributed by atoms with Gasteiger partial charge in [-0.15, -0.1) is 10.2 Å². The second-order valence-electron chi connectivity index (χ2n) is 5.01. The van der Waals surface area contributed by atoms with Crippen molar-refractivity contribution in [3.63, 3.8) is 0 Å². The summed E-state index contributed by atoms with van der Waals surface area (Å²) in [5.74, 6) is 0.164. The molecule has 7 heteroatoms. The zero-order valence-electron chi connectivity index (χ0n) is 10.2. The third-order valence-corrected chi connectivity index (χ3v) is 4.63. The number of aromatic nitrogens is 4. The number of aliphatic carboxylic acids is 1. The Hall–Kier alpha value is -1.50. The molecule has 0 aliphatic heterocycles. The summed E-state index contributed by atoms with van der Waals surface area (Å²) >= 11 is 1.45. The zero-order valence-corrected chi connectivity index (χ0v) is 11.0. The lowest BCUT2D eigenvalue weighted by Gasteiger charge is -2.11. The molecule has 0 saturated heterocycles. The van der Waals surface area contributed by atoms with Gasteiger partial charge < -0.3 is 5.11 Å². The number of nitrogens with zero attached hydrogens (tertiary/aromatic N) is 4. The van der Waals surface area contributed by atoms with Gasteiger partial charge in [-0.1, -0.05) is 18.3 Å². The number of carboxylic acid groups (broad SMARTS) is 1. The molecule has 6 nitrogen and oxygen atoms in total. The standard InChI is InChI=1S/C11H14N4O2S/c1-5-3-7(8(4-5)10(16)17)9-14-15-6(2)12-13-11(15)18-9/h5,7-8H,3-4H2,1-2H3,(H,16,17). The highest BCUT2D eigenvalue weighted by atomic mass is 32.1. The van der Waals surface area contributed by atoms with Gasteiger partial charge in [0, 0.05) is 5.92 Å². The average Bonchev–Trinajstić information content (AvgIpc) is 2.94. The summed E-state index contributed by atoms with van der Waals surface area (Å²) in [6, 6.07) is 0. The van der Waals surface area contributed by atoms with Crippen LogP contribution in [0.15, 0.2) is 0 Å². The van der Waals surface area contributed by atoms with E-state index in [0.717, 1.165) is 28.6 Å². The van der Waals surface area contributed by atoms with Gasteiger partial charge in [0.1, 0.15) is 5.01 Å². The normalized spacial score (nSPS) is 28.0. The average molecular weight is 266 g/mol. The van der Waals surface area contributed by atoms with E-state index in [4.69, 9.17) is 0 Å². The molecule has 0 radical (unpaired) electrons. The fourth-order valence-electron chi connectivity index (χ4n) is 2.72. The fraction of sp³-hybridized carbons (Fsp3) is 0.636. The molecular weight excluding hydrogens is 252 g/mol. The molecule has 1 saturated carbocycles. The van der Waals surface area contributed by atoms with Crippen LogP contribution in [0.5, 0.6) is 0 Å². The lowest BCUT2D eigenvalue weighted by atomic mass is 9.97. The van der Waals surface area contributed by atoms with E-state index in [1.807, 2.05) is 6.92 Å². The summed E-state index contributed by atoms with van der Waals surface area (Å²) in [4.78, 5) is 12.0. The van der Waals surface area contributed by atoms with E-state index >= 15 is 0 Å². The van der Waals surface area contributed by atoms with Crippen LogP contribution in [0.2, 0.25) is 0 Å². The van der Waals surface area contributed by atoms with E-state index in [-0.39, 0.29) is 11.8 Å². The van der Waals surface area contributed by atoms with Crippen molar-refractivity contribution < 1.29 is 9.90 Å². The minimum Gasteiger partial charge on any atom is -0.481 e. The van der Waals surface area contributed by atoms with Crippen LogP contribution in [0.25, 0.3) is 4.96 Å². The number of carboxylic acids is 1. The predicted molar refractivity (Wildman–Crippen MR) is 65.7 cm³/mol. The highest BCUT2D eigenvalue weighted by molar-refractivity contribution is 7.16. The summed E-state index contributed by atoms with van der Waals surface area (Å²) in [7, 11) is 0. The number of carbonyl (C=O) groups is 1. The van der Waals surface area contributed by atoms with Crippen molar-refractivity contribution in [2.24, 2.45) is 11.8 Å². The van der Waals surface area contributed by atoms with E-state index in [0.29, 0.717) is 5.92 Å². The Balaban J connectivity index is 1.99. The van der Waals surface area contributed by atoms with Gasteiger partial charge in [0.2, 0.25) is 4.96 Å². The maximum Gasteiger partial charge on any atom is 0.307 e. The largest absolute Gasteiger partial charge is 0.481 e. The second kappa shape index (κ2) is 4.01. The summed E-state index contributed by atoms with van der Waals surface area (Å²) in [5, 5.41) is 22.6. The monoisotopic (exact) mass is 266 g/mol. The topological polar surface area (TPSA) is 80.4 Å². The third kappa shape index (κ3) is 1.69. The van der Waals surface area contributed by atoms with Crippen LogP contribution >= 0.6 is 11.3 Å². The summed E-state index contributed by atoms with van der Waals surface area (Å²) < 4.78 is 1.70. The zero-order chi connectivity index (χ0) is 12.9. The molecular formula is C11H14N4O2S. The molecule has 1 N–H and O–H groups in total. The molecule has 96 valence electrons. The predicted octanol–water partition coefficient (Wildman–Crippen LogP) is 1.71. The van der Waals surface area contributed by atoms with Crippen LogP contribution in [0, 0.1) is 18.8 Å². The van der Waals surface area contributed by atoms with Gasteiger partial charge in [0.05, 0.1) is 5.92 Å². The number of hydrogen-bond donors (Lipinski definition) is 1. The number of fused-ring (bicyclic) bond motifs is 1. The minimum absolute atomic E-state index is 0.0172. The lowest BCUT2D eigenvalue weighted by molar-refractivity contribution is -0.142. The molecule has 0 spiro atoms. The molecule has 2 aromatic heterocycles. The minimum atomic E-state index is -0.716. The van der Waals surface area contributed by atoms with E-state index in [1.165, 1.54) is 11.3 Å². The van der Waals surface area contributed by atoms with Gasteiger partial charge in [-0.05, 0) is 25.7 Å². The van der Waals surface area contributed by atoms with Crippen LogP contribution in [-0.4, -0.2) is 30.9 Å². The van der Waals surface area contributed by atoms with Crippen LogP contribution in [-0.2, 0) is 4.79 Å². The van der Waals surface area contributed by atoms with Gasteiger partial charge in [-0.25, -0.2) is 0 Å². The molecule has 1 aliphatic rings. The Morgan fingerprint density at radius 3 is 2.89 bits per heavy atom. The van der Waals surface area contributed by atoms with Crippen molar-refractivity contribution in [3.8, 4) is 0 Å². The van der Waals surface area contributed by atoms with Crippen molar-refractivity contribution >= 4 is 22.3 Å². The molecule has 3 atom stereocenters. The van der Waals surface area contributed by atoms with E-state index < -0.39 is 5.97 Å². The molecule has 2 aromatic rings. The van der Waals surface area contributed by atoms with E-state index in [9.17, 15) is 9.90 Å². The molecule has 1 fully saturated rings. The van der Waals surface area contributed by atoms with Gasteiger partial charge in [-0.2, -0.15) is 9.61 Å².